The first-order chi connectivity index (χ1) is 17.5. The predicted molar refractivity (Wildman–Crippen MR) is 143 cm³/mol. The fourth-order valence-corrected chi connectivity index (χ4v) is 4.44. The molecule has 2 unspecified atom stereocenters. The van der Waals surface area contributed by atoms with Gasteiger partial charge in [-0.05, 0) is 62.1 Å². The maximum atomic E-state index is 15.4. The van der Waals surface area contributed by atoms with Gasteiger partial charge in [-0.15, -0.1) is 0 Å². The molecule has 0 spiro atoms. The first-order valence-electron chi connectivity index (χ1n) is 12.0. The van der Waals surface area contributed by atoms with Gasteiger partial charge in [-0.2, -0.15) is 8.78 Å². The lowest BCUT2D eigenvalue weighted by Gasteiger charge is -2.28. The smallest absolute Gasteiger partial charge is 0.366 e. The van der Waals surface area contributed by atoms with Gasteiger partial charge in [-0.25, -0.2) is 28.0 Å². The first-order valence-corrected chi connectivity index (χ1v) is 12.4. The highest BCUT2D eigenvalue weighted by Gasteiger charge is 2.49. The van der Waals surface area contributed by atoms with E-state index in [1.54, 1.807) is 26.0 Å². The summed E-state index contributed by atoms with van der Waals surface area (Å²) >= 11 is 5.04. The highest BCUT2D eigenvalue weighted by Crippen LogP contribution is 2.47. The minimum atomic E-state index is -3.63. The normalized spacial score (nSPS) is 16.9. The van der Waals surface area contributed by atoms with Crippen LogP contribution in [0.5, 0.6) is 0 Å². The fraction of sp³-hybridized carbons (Fsp3) is 0.393. The van der Waals surface area contributed by atoms with E-state index in [4.69, 9.17) is 12.2 Å². The van der Waals surface area contributed by atoms with Gasteiger partial charge in [-0.3, -0.25) is 0 Å². The SMILES string of the molecule is C=C1c2ccc(/C(F)=C/C(c3cc(C)c(C)c(C)c3)C(C)(F)F)cc2C(F)(F)N1NCC(=S)NCC(C)F. The molecular weight excluding hydrogens is 524 g/mol. The van der Waals surface area contributed by atoms with E-state index in [-0.39, 0.29) is 40.5 Å². The van der Waals surface area contributed by atoms with E-state index in [9.17, 15) is 13.2 Å². The van der Waals surface area contributed by atoms with Gasteiger partial charge < -0.3 is 5.32 Å². The number of hydrogen-bond acceptors (Lipinski definition) is 3. The molecule has 2 atom stereocenters. The second-order valence-corrected chi connectivity index (χ2v) is 10.2. The number of nitrogens with one attached hydrogen (secondary N) is 2. The minimum Gasteiger partial charge on any atom is -0.376 e. The van der Waals surface area contributed by atoms with Crippen molar-refractivity contribution in [3.8, 4) is 0 Å². The molecule has 1 aliphatic heterocycles. The third kappa shape index (κ3) is 6.23. The number of alkyl halides is 5. The maximum absolute atomic E-state index is 15.4. The van der Waals surface area contributed by atoms with Crippen LogP contribution in [0.2, 0.25) is 0 Å². The third-order valence-electron chi connectivity index (χ3n) is 6.63. The molecule has 10 heteroatoms. The largest absolute Gasteiger partial charge is 0.376 e. The molecule has 2 N–H and O–H groups in total. The summed E-state index contributed by atoms with van der Waals surface area (Å²) in [7, 11) is 0. The molecule has 0 fully saturated rings. The van der Waals surface area contributed by atoms with Crippen molar-refractivity contribution in [3.63, 3.8) is 0 Å². The Kier molecular flexibility index (Phi) is 8.67. The molecule has 1 heterocycles. The Hall–Kier alpha value is -2.85. The number of hydrogen-bond donors (Lipinski definition) is 2. The monoisotopic (exact) mass is 555 g/mol. The van der Waals surface area contributed by atoms with Gasteiger partial charge in [0.2, 0.25) is 0 Å². The van der Waals surface area contributed by atoms with Gasteiger partial charge in [0.05, 0.1) is 28.7 Å². The van der Waals surface area contributed by atoms with Crippen LogP contribution in [0.1, 0.15) is 58.7 Å². The van der Waals surface area contributed by atoms with Gasteiger partial charge in [-0.1, -0.05) is 43.1 Å². The van der Waals surface area contributed by atoms with E-state index < -0.39 is 35.4 Å². The zero-order valence-electron chi connectivity index (χ0n) is 21.9. The summed E-state index contributed by atoms with van der Waals surface area (Å²) in [6, 6.07) is 3.01. The number of fused-ring (bicyclic) bond motifs is 1. The molecule has 1 aliphatic rings. The lowest BCUT2D eigenvalue weighted by Crippen LogP contribution is -2.47. The van der Waals surface area contributed by atoms with E-state index in [1.165, 1.54) is 19.1 Å². The van der Waals surface area contributed by atoms with Gasteiger partial charge in [0.1, 0.15) is 12.0 Å². The molecule has 3 rings (SSSR count). The van der Waals surface area contributed by atoms with Crippen LogP contribution >= 0.6 is 12.2 Å². The average molecular weight is 556 g/mol. The van der Waals surface area contributed by atoms with E-state index in [1.807, 2.05) is 6.92 Å². The molecule has 2 aromatic carbocycles. The Bertz CT molecular complexity index is 1240. The Morgan fingerprint density at radius 3 is 2.32 bits per heavy atom. The van der Waals surface area contributed by atoms with Crippen molar-refractivity contribution in [2.24, 2.45) is 0 Å². The van der Waals surface area contributed by atoms with Crippen LogP contribution in [-0.2, 0) is 6.05 Å². The number of aryl methyl sites for hydroxylation is 2. The predicted octanol–water partition coefficient (Wildman–Crippen LogP) is 7.48. The number of halogens is 6. The van der Waals surface area contributed by atoms with Crippen molar-refractivity contribution in [1.82, 2.24) is 15.8 Å². The molecule has 0 aliphatic carbocycles. The van der Waals surface area contributed by atoms with Crippen LogP contribution in [0, 0.1) is 20.8 Å². The lowest BCUT2D eigenvalue weighted by atomic mass is 9.88. The average Bonchev–Trinajstić information content (AvgIpc) is 3.01. The number of benzene rings is 2. The Morgan fingerprint density at radius 1 is 1.16 bits per heavy atom. The number of hydrazine groups is 1. The second kappa shape index (κ2) is 11.1. The van der Waals surface area contributed by atoms with Crippen LogP contribution in [0.25, 0.3) is 11.5 Å². The molecular formula is C28H31F6N3S. The van der Waals surface area contributed by atoms with Crippen LogP contribution in [0.3, 0.4) is 0 Å². The zero-order valence-corrected chi connectivity index (χ0v) is 22.7. The van der Waals surface area contributed by atoms with Crippen LogP contribution < -0.4 is 10.7 Å². The highest BCUT2D eigenvalue weighted by molar-refractivity contribution is 7.80. The van der Waals surface area contributed by atoms with Gasteiger partial charge in [0, 0.05) is 24.6 Å². The van der Waals surface area contributed by atoms with Crippen molar-refractivity contribution in [3.05, 3.63) is 81.9 Å². The molecule has 0 amide bonds. The molecule has 3 nitrogen and oxygen atoms in total. The summed E-state index contributed by atoms with van der Waals surface area (Å²) in [5, 5.41) is 3.13. The molecule has 0 saturated heterocycles. The highest BCUT2D eigenvalue weighted by atomic mass is 32.1. The molecule has 0 radical (unpaired) electrons. The Morgan fingerprint density at radius 2 is 1.76 bits per heavy atom. The van der Waals surface area contributed by atoms with E-state index in [0.717, 1.165) is 28.8 Å². The summed E-state index contributed by atoms with van der Waals surface area (Å²) in [6.07, 6.45) is -0.396. The van der Waals surface area contributed by atoms with Crippen molar-refractivity contribution in [2.45, 2.75) is 58.7 Å². The summed E-state index contributed by atoms with van der Waals surface area (Å²) in [5.41, 5.74) is 4.44. The number of nitrogens with zero attached hydrogens (tertiary/aromatic N) is 1. The number of rotatable bonds is 9. The van der Waals surface area contributed by atoms with Crippen molar-refractivity contribution >= 4 is 28.7 Å². The second-order valence-electron chi connectivity index (χ2n) is 9.73. The van der Waals surface area contributed by atoms with E-state index in [2.05, 4.69) is 17.3 Å². The standard InChI is InChI=1S/C28H31F6N3S/c1-15-9-21(10-16(2)18(15)4)23(27(6,31)32)12-25(30)20-7-8-22-19(5)37(28(33,34)24(22)11-20)36-14-26(38)35-13-17(3)29/h7-12,17,23,36H,5,13-14H2,1-4,6H3,(H,35,38)/b25-12-. The summed E-state index contributed by atoms with van der Waals surface area (Å²) < 4.78 is 88.2. The number of allylic oxidation sites excluding steroid dienone is 1. The fourth-order valence-electron chi connectivity index (χ4n) is 4.29. The summed E-state index contributed by atoms with van der Waals surface area (Å²) in [6.45, 7) is 10.9. The molecule has 0 bridgehead atoms. The van der Waals surface area contributed by atoms with Crippen LogP contribution in [0.4, 0.5) is 26.3 Å². The first kappa shape index (κ1) is 29.7. The Balaban J connectivity index is 1.91. The van der Waals surface area contributed by atoms with Gasteiger partial charge in [0.25, 0.3) is 5.92 Å². The van der Waals surface area contributed by atoms with Crippen LogP contribution in [0.15, 0.2) is 43.0 Å². The third-order valence-corrected chi connectivity index (χ3v) is 6.92. The van der Waals surface area contributed by atoms with Crippen molar-refractivity contribution in [1.29, 1.82) is 0 Å². The minimum absolute atomic E-state index is 0.0629. The molecule has 0 saturated carbocycles. The summed E-state index contributed by atoms with van der Waals surface area (Å²) in [5.74, 6) is -5.97. The zero-order chi connectivity index (χ0) is 28.6. The lowest BCUT2D eigenvalue weighted by molar-refractivity contribution is -0.135. The Labute approximate surface area is 224 Å². The maximum Gasteiger partial charge on any atom is 0.366 e. The van der Waals surface area contributed by atoms with E-state index >= 15 is 13.2 Å². The van der Waals surface area contributed by atoms with Crippen LogP contribution in [-0.4, -0.2) is 35.2 Å². The summed E-state index contributed by atoms with van der Waals surface area (Å²) in [4.78, 5) is 0.122. The van der Waals surface area contributed by atoms with Gasteiger partial charge >= 0.3 is 6.05 Å². The number of thiocarbonyl (C=S) groups is 1. The van der Waals surface area contributed by atoms with Gasteiger partial charge in [0.15, 0.2) is 0 Å². The van der Waals surface area contributed by atoms with Crippen molar-refractivity contribution < 1.29 is 26.3 Å². The molecule has 2 aromatic rings. The molecule has 38 heavy (non-hydrogen) atoms. The quantitative estimate of drug-likeness (QED) is 0.191. The molecule has 206 valence electrons. The van der Waals surface area contributed by atoms with Crippen molar-refractivity contribution in [2.75, 3.05) is 13.1 Å². The topological polar surface area (TPSA) is 27.3 Å². The molecule has 0 aromatic heterocycles. The van der Waals surface area contributed by atoms with E-state index in [0.29, 0.717) is 11.9 Å².